The molecule has 1 aliphatic heterocycles. The van der Waals surface area contributed by atoms with Crippen molar-refractivity contribution in [2.24, 2.45) is 4.99 Å². The highest BCUT2D eigenvalue weighted by molar-refractivity contribution is 8.18. The Bertz CT molecular complexity index is 1760. The van der Waals surface area contributed by atoms with Gasteiger partial charge in [-0.05, 0) is 84.6 Å². The Hall–Kier alpha value is -4.55. The number of hydrogen-bond donors (Lipinski definition) is 0. The molecule has 0 radical (unpaired) electrons. The molecule has 0 spiro atoms. The van der Waals surface area contributed by atoms with Crippen molar-refractivity contribution in [3.8, 4) is 11.4 Å². The summed E-state index contributed by atoms with van der Waals surface area (Å²) in [6.07, 6.45) is 2.01. The maximum Gasteiger partial charge on any atom is 0.267 e. The second-order valence-corrected chi connectivity index (χ2v) is 10.7. The third kappa shape index (κ3) is 4.94. The van der Waals surface area contributed by atoms with Crippen molar-refractivity contribution in [3.63, 3.8) is 0 Å². The summed E-state index contributed by atoms with van der Waals surface area (Å²) in [5.41, 5.74) is 6.18. The first kappa shape index (κ1) is 25.7. The van der Waals surface area contributed by atoms with E-state index < -0.39 is 0 Å². The molecule has 198 valence electrons. The lowest BCUT2D eigenvalue weighted by molar-refractivity contribution is -0.122. The largest absolute Gasteiger partial charge is 0.497 e. The fraction of sp³-hybridized carbons (Fsp3) is 0.118. The number of benzene rings is 4. The van der Waals surface area contributed by atoms with Crippen LogP contribution < -0.4 is 4.74 Å². The molecule has 1 fully saturated rings. The summed E-state index contributed by atoms with van der Waals surface area (Å²) in [7, 11) is 1.65. The quantitative estimate of drug-likeness (QED) is 0.204. The molecule has 5 aromatic rings. The normalized spacial score (nSPS) is 15.5. The Morgan fingerprint density at radius 3 is 2.38 bits per heavy atom. The number of carbonyl (C=O) groups excluding carboxylic acids is 1. The van der Waals surface area contributed by atoms with Gasteiger partial charge in [0.2, 0.25) is 0 Å². The van der Waals surface area contributed by atoms with Gasteiger partial charge in [0.25, 0.3) is 5.91 Å². The van der Waals surface area contributed by atoms with Crippen molar-refractivity contribution in [1.29, 1.82) is 0 Å². The van der Waals surface area contributed by atoms with Crippen molar-refractivity contribution in [1.82, 2.24) is 9.47 Å². The molecule has 0 N–H and O–H groups in total. The van der Waals surface area contributed by atoms with Crippen molar-refractivity contribution in [2.45, 2.75) is 20.4 Å². The lowest BCUT2D eigenvalue weighted by Crippen LogP contribution is -2.28. The number of para-hydroxylation sites is 1. The minimum atomic E-state index is -0.0505. The van der Waals surface area contributed by atoms with Crippen LogP contribution in [0.2, 0.25) is 0 Å². The third-order valence-corrected chi connectivity index (χ3v) is 8.14. The van der Waals surface area contributed by atoms with Crippen LogP contribution in [0.3, 0.4) is 0 Å². The number of hydrogen-bond acceptors (Lipinski definition) is 4. The van der Waals surface area contributed by atoms with E-state index in [9.17, 15) is 4.79 Å². The van der Waals surface area contributed by atoms with Gasteiger partial charge in [0.15, 0.2) is 5.17 Å². The maximum atomic E-state index is 13.8. The molecule has 6 heteroatoms. The van der Waals surface area contributed by atoms with Crippen LogP contribution in [-0.2, 0) is 11.3 Å². The molecule has 0 bridgehead atoms. The number of carbonyl (C=O) groups is 1. The van der Waals surface area contributed by atoms with Crippen LogP contribution in [0.15, 0.2) is 113 Å². The molecule has 0 atom stereocenters. The van der Waals surface area contributed by atoms with Crippen molar-refractivity contribution in [3.05, 3.63) is 131 Å². The van der Waals surface area contributed by atoms with Crippen molar-refractivity contribution < 1.29 is 9.53 Å². The zero-order valence-electron chi connectivity index (χ0n) is 22.7. The first-order valence-corrected chi connectivity index (χ1v) is 14.0. The molecule has 0 aliphatic carbocycles. The van der Waals surface area contributed by atoms with Crippen LogP contribution in [0.5, 0.6) is 5.75 Å². The Kier molecular flexibility index (Phi) is 7.01. The Morgan fingerprint density at radius 2 is 1.60 bits per heavy atom. The molecule has 1 aromatic heterocycles. The smallest absolute Gasteiger partial charge is 0.267 e. The second-order valence-electron chi connectivity index (χ2n) is 9.74. The van der Waals surface area contributed by atoms with Crippen LogP contribution in [0, 0.1) is 13.8 Å². The predicted octanol–water partition coefficient (Wildman–Crippen LogP) is 8.06. The van der Waals surface area contributed by atoms with Crippen LogP contribution in [0.1, 0.15) is 22.5 Å². The number of nitrogens with zero attached hydrogens (tertiary/aromatic N) is 3. The highest BCUT2D eigenvalue weighted by Crippen LogP contribution is 2.37. The van der Waals surface area contributed by atoms with Crippen molar-refractivity contribution >= 4 is 45.4 Å². The summed E-state index contributed by atoms with van der Waals surface area (Å²) in [4.78, 5) is 21.1. The molecule has 1 aliphatic rings. The summed E-state index contributed by atoms with van der Waals surface area (Å²) >= 11 is 1.42. The van der Waals surface area contributed by atoms with E-state index in [1.54, 1.807) is 12.0 Å². The van der Waals surface area contributed by atoms with Crippen LogP contribution >= 0.6 is 11.8 Å². The first-order valence-electron chi connectivity index (χ1n) is 13.2. The van der Waals surface area contributed by atoms with E-state index in [1.165, 1.54) is 22.5 Å². The Balaban J connectivity index is 1.38. The SMILES string of the molecule is COc1ccc(CN2C(=O)/C(=C/c3cc(C)n(-c4cccc5ccccc45)c3C)SC2=Nc2ccccc2)cc1. The number of amides is 1. The van der Waals surface area contributed by atoms with Gasteiger partial charge in [-0.25, -0.2) is 4.99 Å². The van der Waals surface area contributed by atoms with E-state index in [4.69, 9.17) is 9.73 Å². The molecule has 0 unspecified atom stereocenters. The average Bonchev–Trinajstić information content (AvgIpc) is 3.42. The molecule has 5 nitrogen and oxygen atoms in total. The fourth-order valence-electron chi connectivity index (χ4n) is 5.11. The summed E-state index contributed by atoms with van der Waals surface area (Å²) in [6.45, 7) is 4.64. The molecule has 2 heterocycles. The zero-order chi connectivity index (χ0) is 27.6. The summed E-state index contributed by atoms with van der Waals surface area (Å²) in [5, 5.41) is 3.06. The van der Waals surface area contributed by atoms with E-state index in [2.05, 4.69) is 66.9 Å². The molecule has 1 saturated heterocycles. The number of rotatable bonds is 6. The van der Waals surface area contributed by atoms with Gasteiger partial charge in [0, 0.05) is 16.8 Å². The van der Waals surface area contributed by atoms with Gasteiger partial charge >= 0.3 is 0 Å². The number of ether oxygens (including phenoxy) is 1. The molecular formula is C34H29N3O2S. The molecule has 6 rings (SSSR count). The van der Waals surface area contributed by atoms with Gasteiger partial charge < -0.3 is 9.30 Å². The Labute approximate surface area is 238 Å². The number of aromatic nitrogens is 1. The van der Waals surface area contributed by atoms with Gasteiger partial charge in [-0.3, -0.25) is 9.69 Å². The van der Waals surface area contributed by atoms with E-state index in [0.29, 0.717) is 16.6 Å². The number of thioether (sulfide) groups is 1. The van der Waals surface area contributed by atoms with E-state index in [-0.39, 0.29) is 5.91 Å². The van der Waals surface area contributed by atoms with Crippen LogP contribution in [0.4, 0.5) is 5.69 Å². The number of methoxy groups -OCH3 is 1. The Morgan fingerprint density at radius 1 is 0.875 bits per heavy atom. The maximum absolute atomic E-state index is 13.8. The highest BCUT2D eigenvalue weighted by atomic mass is 32.2. The second kappa shape index (κ2) is 10.9. The fourth-order valence-corrected chi connectivity index (χ4v) is 6.10. The molecular weight excluding hydrogens is 514 g/mol. The van der Waals surface area contributed by atoms with Gasteiger partial charge in [-0.1, -0.05) is 66.7 Å². The number of aliphatic imine (C=N–C) groups is 1. The van der Waals surface area contributed by atoms with Crippen LogP contribution in [0.25, 0.3) is 22.5 Å². The van der Waals surface area contributed by atoms with E-state index >= 15 is 0 Å². The topological polar surface area (TPSA) is 46.8 Å². The standard InChI is InChI=1S/C34H29N3O2S/c1-23-20-27(24(2)37(23)31-15-9-11-26-10-7-8-14-30(26)31)21-32-33(38)36(22-25-16-18-29(39-3)19-17-25)34(40-32)35-28-12-5-4-6-13-28/h4-21H,22H2,1-3H3/b32-21-,35-34?. The van der Waals surface area contributed by atoms with E-state index in [0.717, 1.165) is 39.6 Å². The van der Waals surface area contributed by atoms with Crippen molar-refractivity contribution in [2.75, 3.05) is 7.11 Å². The zero-order valence-corrected chi connectivity index (χ0v) is 23.5. The molecule has 4 aromatic carbocycles. The van der Waals surface area contributed by atoms with Gasteiger partial charge in [-0.2, -0.15) is 0 Å². The summed E-state index contributed by atoms with van der Waals surface area (Å²) in [5.74, 6) is 0.733. The monoisotopic (exact) mass is 543 g/mol. The molecule has 40 heavy (non-hydrogen) atoms. The summed E-state index contributed by atoms with van der Waals surface area (Å²) < 4.78 is 7.57. The lowest BCUT2D eigenvalue weighted by Gasteiger charge is -2.16. The number of amidine groups is 1. The van der Waals surface area contributed by atoms with Gasteiger partial charge in [0.05, 0.1) is 29.9 Å². The lowest BCUT2D eigenvalue weighted by atomic mass is 10.1. The number of fused-ring (bicyclic) bond motifs is 1. The van der Waals surface area contributed by atoms with Gasteiger partial charge in [0.1, 0.15) is 5.75 Å². The first-order chi connectivity index (χ1) is 19.5. The molecule has 0 saturated carbocycles. The predicted molar refractivity (Wildman–Crippen MR) is 165 cm³/mol. The minimum Gasteiger partial charge on any atom is -0.497 e. The third-order valence-electron chi connectivity index (χ3n) is 7.13. The number of aryl methyl sites for hydroxylation is 1. The minimum absolute atomic E-state index is 0.0505. The van der Waals surface area contributed by atoms with Crippen LogP contribution in [-0.4, -0.2) is 27.7 Å². The highest BCUT2D eigenvalue weighted by Gasteiger charge is 2.34. The molecule has 1 amide bonds. The van der Waals surface area contributed by atoms with E-state index in [1.807, 2.05) is 60.7 Å². The summed E-state index contributed by atoms with van der Waals surface area (Å²) in [6, 6.07) is 34.5. The average molecular weight is 544 g/mol. The van der Waals surface area contributed by atoms with Gasteiger partial charge in [-0.15, -0.1) is 0 Å².